The van der Waals surface area contributed by atoms with Gasteiger partial charge in [-0.15, -0.1) is 0 Å². The Labute approximate surface area is 114 Å². The van der Waals surface area contributed by atoms with Crippen molar-refractivity contribution in [1.29, 1.82) is 0 Å². The second-order valence-electron chi connectivity index (χ2n) is 4.84. The van der Waals surface area contributed by atoms with Gasteiger partial charge in [0.05, 0.1) is 0 Å². The van der Waals surface area contributed by atoms with E-state index in [0.29, 0.717) is 11.3 Å². The number of aromatic nitrogens is 1. The van der Waals surface area contributed by atoms with Crippen molar-refractivity contribution in [3.63, 3.8) is 0 Å². The number of phenols is 1. The van der Waals surface area contributed by atoms with Crippen LogP contribution in [0.15, 0.2) is 36.0 Å². The maximum absolute atomic E-state index is 10.3. The lowest BCUT2D eigenvalue weighted by Gasteiger charge is -2.07. The molecular formula is C17H21NO. The Morgan fingerprint density at radius 2 is 2.11 bits per heavy atom. The highest BCUT2D eigenvalue weighted by atomic mass is 16.3. The fourth-order valence-electron chi connectivity index (χ4n) is 2.24. The van der Waals surface area contributed by atoms with Crippen molar-refractivity contribution in [3.05, 3.63) is 41.6 Å². The molecule has 0 bridgehead atoms. The van der Waals surface area contributed by atoms with Gasteiger partial charge in [-0.05, 0) is 25.3 Å². The molecule has 0 aliphatic heterocycles. The topological polar surface area (TPSA) is 33.1 Å². The van der Waals surface area contributed by atoms with Crippen LogP contribution in [-0.4, -0.2) is 10.1 Å². The van der Waals surface area contributed by atoms with Crippen molar-refractivity contribution in [2.45, 2.75) is 39.5 Å². The van der Waals surface area contributed by atoms with Gasteiger partial charge >= 0.3 is 0 Å². The normalized spacial score (nSPS) is 12.0. The molecule has 0 saturated carbocycles. The van der Waals surface area contributed by atoms with Gasteiger partial charge in [0.25, 0.3) is 0 Å². The number of fused-ring (bicyclic) bond motifs is 1. The number of nitrogens with zero attached hydrogens (tertiary/aromatic N) is 1. The first-order valence-corrected chi connectivity index (χ1v) is 7.02. The van der Waals surface area contributed by atoms with Crippen LogP contribution in [0.25, 0.3) is 17.0 Å². The van der Waals surface area contributed by atoms with E-state index in [2.05, 4.69) is 24.9 Å². The zero-order valence-corrected chi connectivity index (χ0v) is 11.7. The molecular weight excluding hydrogens is 234 g/mol. The predicted molar refractivity (Wildman–Crippen MR) is 81.2 cm³/mol. The Morgan fingerprint density at radius 3 is 2.84 bits per heavy atom. The molecule has 1 heterocycles. The lowest BCUT2D eigenvalue weighted by Crippen LogP contribution is -1.86. The molecule has 0 aliphatic carbocycles. The molecule has 1 N–H and O–H groups in total. The summed E-state index contributed by atoms with van der Waals surface area (Å²) in [5.74, 6) is 0.292. The molecule has 0 saturated heterocycles. The second kappa shape index (κ2) is 6.37. The molecule has 2 nitrogen and oxygen atoms in total. The fraction of sp³-hybridized carbons (Fsp3) is 0.353. The Balaban J connectivity index is 2.39. The summed E-state index contributed by atoms with van der Waals surface area (Å²) in [7, 11) is 0. The van der Waals surface area contributed by atoms with Gasteiger partial charge in [-0.1, -0.05) is 50.1 Å². The average Bonchev–Trinajstić information content (AvgIpc) is 2.46. The third kappa shape index (κ3) is 3.14. The Morgan fingerprint density at radius 1 is 1.26 bits per heavy atom. The van der Waals surface area contributed by atoms with E-state index in [-0.39, 0.29) is 0 Å². The summed E-state index contributed by atoms with van der Waals surface area (Å²) in [6, 6.07) is 7.84. The van der Waals surface area contributed by atoms with Crippen LogP contribution in [0.4, 0.5) is 0 Å². The first-order chi connectivity index (χ1) is 9.26. The molecule has 1 aromatic carbocycles. The summed E-state index contributed by atoms with van der Waals surface area (Å²) in [6.07, 6.45) is 8.35. The van der Waals surface area contributed by atoms with Gasteiger partial charge < -0.3 is 5.11 Å². The van der Waals surface area contributed by atoms with Gasteiger partial charge in [-0.25, -0.2) is 0 Å². The van der Waals surface area contributed by atoms with Crippen LogP contribution in [-0.2, 0) is 0 Å². The molecule has 19 heavy (non-hydrogen) atoms. The smallest absolute Gasteiger partial charge is 0.149 e. The first-order valence-electron chi connectivity index (χ1n) is 7.02. The average molecular weight is 255 g/mol. The molecule has 0 unspecified atom stereocenters. The van der Waals surface area contributed by atoms with Crippen LogP contribution in [0.5, 0.6) is 5.75 Å². The quantitative estimate of drug-likeness (QED) is 0.822. The van der Waals surface area contributed by atoms with Gasteiger partial charge in [0.2, 0.25) is 0 Å². The van der Waals surface area contributed by atoms with E-state index < -0.39 is 0 Å². The first kappa shape index (κ1) is 13.6. The number of rotatable bonds is 5. The molecule has 0 spiro atoms. The zero-order valence-electron chi connectivity index (χ0n) is 11.7. The van der Waals surface area contributed by atoms with Gasteiger partial charge in [0.1, 0.15) is 11.3 Å². The zero-order chi connectivity index (χ0) is 13.7. The highest BCUT2D eigenvalue weighted by molar-refractivity contribution is 5.88. The Kier molecular flexibility index (Phi) is 4.56. The highest BCUT2D eigenvalue weighted by Crippen LogP contribution is 2.29. The van der Waals surface area contributed by atoms with Crippen molar-refractivity contribution in [1.82, 2.24) is 4.98 Å². The van der Waals surface area contributed by atoms with E-state index >= 15 is 0 Å². The molecule has 2 aromatic rings. The van der Waals surface area contributed by atoms with Crippen molar-refractivity contribution in [3.8, 4) is 5.75 Å². The summed E-state index contributed by atoms with van der Waals surface area (Å²) in [5, 5.41) is 11.3. The minimum Gasteiger partial charge on any atom is -0.505 e. The second-order valence-corrected chi connectivity index (χ2v) is 4.84. The monoisotopic (exact) mass is 255 g/mol. The number of allylic oxidation sites excluding steroid dienone is 1. The summed E-state index contributed by atoms with van der Waals surface area (Å²) in [5.41, 5.74) is 2.94. The maximum Gasteiger partial charge on any atom is 0.149 e. The van der Waals surface area contributed by atoms with E-state index in [1.165, 1.54) is 18.4 Å². The van der Waals surface area contributed by atoms with Crippen LogP contribution in [0.3, 0.4) is 0 Å². The maximum atomic E-state index is 10.3. The molecule has 0 radical (unpaired) electrons. The third-order valence-corrected chi connectivity index (χ3v) is 3.44. The molecule has 0 amide bonds. The van der Waals surface area contributed by atoms with Crippen molar-refractivity contribution in [2.24, 2.45) is 0 Å². The van der Waals surface area contributed by atoms with Gasteiger partial charge in [-0.2, -0.15) is 0 Å². The number of benzene rings is 1. The van der Waals surface area contributed by atoms with E-state index in [4.69, 9.17) is 0 Å². The van der Waals surface area contributed by atoms with Crippen molar-refractivity contribution in [2.75, 3.05) is 0 Å². The molecule has 2 rings (SSSR count). The van der Waals surface area contributed by atoms with Crippen molar-refractivity contribution < 1.29 is 5.11 Å². The highest BCUT2D eigenvalue weighted by Gasteiger charge is 2.06. The van der Waals surface area contributed by atoms with Crippen LogP contribution in [0.1, 0.15) is 45.1 Å². The van der Waals surface area contributed by atoms with Crippen LogP contribution >= 0.6 is 0 Å². The van der Waals surface area contributed by atoms with E-state index in [1.54, 1.807) is 6.20 Å². The van der Waals surface area contributed by atoms with E-state index in [0.717, 1.165) is 23.8 Å². The SMILES string of the molecule is CCCC/C(=C/c1ccc2cccnc2c1O)CC. The molecule has 2 heteroatoms. The minimum atomic E-state index is 0.292. The standard InChI is InChI=1S/C17H21NO/c1-3-5-7-13(4-2)12-15-10-9-14-8-6-11-18-16(14)17(15)19/h6,8-12,19H,3-5,7H2,1-2H3/b13-12+. The summed E-state index contributed by atoms with van der Waals surface area (Å²) >= 11 is 0. The van der Waals surface area contributed by atoms with E-state index in [9.17, 15) is 5.11 Å². The van der Waals surface area contributed by atoms with Crippen LogP contribution in [0, 0.1) is 0 Å². The lowest BCUT2D eigenvalue weighted by molar-refractivity contribution is 0.479. The van der Waals surface area contributed by atoms with Gasteiger partial charge in [0, 0.05) is 17.1 Å². The number of hydrogen-bond donors (Lipinski definition) is 1. The molecule has 0 fully saturated rings. The number of aromatic hydroxyl groups is 1. The summed E-state index contributed by atoms with van der Waals surface area (Å²) < 4.78 is 0. The van der Waals surface area contributed by atoms with Crippen LogP contribution < -0.4 is 0 Å². The number of unbranched alkanes of at least 4 members (excludes halogenated alkanes) is 1. The lowest BCUT2D eigenvalue weighted by atomic mass is 10.0. The number of phenolic OH excluding ortho intramolecular Hbond substituents is 1. The largest absolute Gasteiger partial charge is 0.505 e. The molecule has 1 aromatic heterocycles. The predicted octanol–water partition coefficient (Wildman–Crippen LogP) is 4.92. The molecule has 100 valence electrons. The molecule has 0 aliphatic rings. The Bertz CT molecular complexity index is 587. The third-order valence-electron chi connectivity index (χ3n) is 3.44. The van der Waals surface area contributed by atoms with Crippen LogP contribution in [0.2, 0.25) is 0 Å². The number of hydrogen-bond acceptors (Lipinski definition) is 2. The molecule has 0 atom stereocenters. The minimum absolute atomic E-state index is 0.292. The summed E-state index contributed by atoms with van der Waals surface area (Å²) in [6.45, 7) is 4.36. The van der Waals surface area contributed by atoms with E-state index in [1.807, 2.05) is 24.3 Å². The number of pyridine rings is 1. The van der Waals surface area contributed by atoms with Gasteiger partial charge in [-0.3, -0.25) is 4.98 Å². The fourth-order valence-corrected chi connectivity index (χ4v) is 2.24. The Hall–Kier alpha value is -1.83. The van der Waals surface area contributed by atoms with Gasteiger partial charge in [0.15, 0.2) is 0 Å². The van der Waals surface area contributed by atoms with Crippen molar-refractivity contribution >= 4 is 17.0 Å². The summed E-state index contributed by atoms with van der Waals surface area (Å²) in [4.78, 5) is 4.26.